The van der Waals surface area contributed by atoms with Gasteiger partial charge >= 0.3 is 12.1 Å². The lowest BCUT2D eigenvalue weighted by molar-refractivity contribution is -0.167. The van der Waals surface area contributed by atoms with Crippen molar-refractivity contribution in [3.63, 3.8) is 0 Å². The van der Waals surface area contributed by atoms with E-state index < -0.39 is 22.1 Å². The number of alkyl halides is 3. The maximum Gasteiger partial charge on any atom is 0.471 e. The van der Waals surface area contributed by atoms with E-state index in [1.807, 2.05) is 0 Å². The van der Waals surface area contributed by atoms with Gasteiger partial charge in [-0.3, -0.25) is 9.52 Å². The fraction of sp³-hybridized carbons (Fsp3) is 0.0500. The number of carbonyl (C=O) groups is 1. The molecular formula is C20H13Cl2F3N2O4S. The van der Waals surface area contributed by atoms with Crippen LogP contribution in [0.15, 0.2) is 71.6 Å². The number of anilines is 2. The van der Waals surface area contributed by atoms with Gasteiger partial charge in [0, 0.05) is 10.7 Å². The van der Waals surface area contributed by atoms with Crippen LogP contribution in [0.4, 0.5) is 24.5 Å². The van der Waals surface area contributed by atoms with E-state index in [9.17, 15) is 26.4 Å². The molecule has 3 rings (SSSR count). The molecule has 0 heterocycles. The first-order valence-electron chi connectivity index (χ1n) is 8.69. The van der Waals surface area contributed by atoms with Crippen LogP contribution in [0.1, 0.15) is 0 Å². The van der Waals surface area contributed by atoms with Gasteiger partial charge in [0.05, 0.1) is 15.6 Å². The molecule has 3 aromatic rings. The van der Waals surface area contributed by atoms with Crippen LogP contribution >= 0.6 is 23.2 Å². The fourth-order valence-electron chi connectivity index (χ4n) is 2.44. The molecular weight excluding hydrogens is 492 g/mol. The summed E-state index contributed by atoms with van der Waals surface area (Å²) >= 11 is 11.9. The topological polar surface area (TPSA) is 84.5 Å². The molecule has 0 saturated heterocycles. The van der Waals surface area contributed by atoms with Crippen molar-refractivity contribution in [3.05, 3.63) is 76.8 Å². The molecule has 0 aliphatic rings. The van der Waals surface area contributed by atoms with Gasteiger partial charge in [-0.1, -0.05) is 35.3 Å². The second-order valence-corrected chi connectivity index (χ2v) is 8.78. The highest BCUT2D eigenvalue weighted by Crippen LogP contribution is 2.35. The van der Waals surface area contributed by atoms with Crippen molar-refractivity contribution in [1.82, 2.24) is 0 Å². The van der Waals surface area contributed by atoms with Crippen LogP contribution in [-0.4, -0.2) is 20.5 Å². The molecule has 12 heteroatoms. The Kier molecular flexibility index (Phi) is 6.87. The van der Waals surface area contributed by atoms with E-state index in [4.69, 9.17) is 27.9 Å². The van der Waals surface area contributed by atoms with Crippen LogP contribution in [0.25, 0.3) is 0 Å². The van der Waals surface area contributed by atoms with Crippen LogP contribution in [-0.2, 0) is 14.8 Å². The normalized spacial score (nSPS) is 11.7. The largest absolute Gasteiger partial charge is 0.471 e. The van der Waals surface area contributed by atoms with Gasteiger partial charge in [0.15, 0.2) is 5.75 Å². The summed E-state index contributed by atoms with van der Waals surface area (Å²) in [6.45, 7) is 0. The summed E-state index contributed by atoms with van der Waals surface area (Å²) in [5.41, 5.74) is -0.125. The summed E-state index contributed by atoms with van der Waals surface area (Å²) in [4.78, 5) is 10.7. The molecule has 0 aromatic heterocycles. The number of ether oxygens (including phenoxy) is 1. The summed E-state index contributed by atoms with van der Waals surface area (Å²) in [5.74, 6) is -1.78. The molecule has 0 bridgehead atoms. The number of benzene rings is 3. The number of carbonyl (C=O) groups excluding carboxylic acids is 1. The van der Waals surface area contributed by atoms with Gasteiger partial charge < -0.3 is 10.1 Å². The summed E-state index contributed by atoms with van der Waals surface area (Å²) in [5, 5.41) is 2.24. The first-order valence-corrected chi connectivity index (χ1v) is 10.9. The highest BCUT2D eigenvalue weighted by molar-refractivity contribution is 7.92. The van der Waals surface area contributed by atoms with Gasteiger partial charge in [-0.15, -0.1) is 0 Å². The van der Waals surface area contributed by atoms with E-state index in [1.165, 1.54) is 24.3 Å². The molecule has 0 atom stereocenters. The van der Waals surface area contributed by atoms with E-state index in [2.05, 4.69) is 4.72 Å². The Morgan fingerprint density at radius 3 is 2.19 bits per heavy atom. The first-order chi connectivity index (χ1) is 15.0. The summed E-state index contributed by atoms with van der Waals surface area (Å²) < 4.78 is 70.5. The van der Waals surface area contributed by atoms with Crippen molar-refractivity contribution in [1.29, 1.82) is 0 Å². The van der Waals surface area contributed by atoms with Gasteiger partial charge in [-0.2, -0.15) is 13.2 Å². The van der Waals surface area contributed by atoms with E-state index in [-0.39, 0.29) is 32.8 Å². The highest BCUT2D eigenvalue weighted by Gasteiger charge is 2.38. The minimum Gasteiger partial charge on any atom is -0.454 e. The molecule has 1 amide bonds. The zero-order valence-corrected chi connectivity index (χ0v) is 18.1. The average Bonchev–Trinajstić information content (AvgIpc) is 2.71. The number of nitrogens with one attached hydrogen (secondary N) is 2. The van der Waals surface area contributed by atoms with Crippen molar-refractivity contribution in [2.75, 3.05) is 10.0 Å². The summed E-state index contributed by atoms with van der Waals surface area (Å²) in [7, 11) is -4.14. The lowest BCUT2D eigenvalue weighted by Crippen LogP contribution is -2.29. The third kappa shape index (κ3) is 5.84. The molecule has 3 aromatic carbocycles. The summed E-state index contributed by atoms with van der Waals surface area (Å²) in [6, 6.07) is 14.9. The number of para-hydroxylation sites is 2. The molecule has 2 N–H and O–H groups in total. The molecule has 0 aliphatic heterocycles. The third-order valence-electron chi connectivity index (χ3n) is 3.93. The van der Waals surface area contributed by atoms with Gasteiger partial charge in [-0.25, -0.2) is 8.42 Å². The Hall–Kier alpha value is -2.95. The highest BCUT2D eigenvalue weighted by atomic mass is 35.5. The van der Waals surface area contributed by atoms with Gasteiger partial charge in [0.2, 0.25) is 0 Å². The van der Waals surface area contributed by atoms with Crippen molar-refractivity contribution < 1.29 is 31.1 Å². The standard InChI is InChI=1S/C20H13Cl2F3N2O4S/c21-12-5-10-17(15(22)11-12)31-18-4-2-1-3-16(18)27-32(29,30)14-8-6-13(7-9-14)26-19(28)20(23,24)25/h1-11,27H,(H,26,28). The number of hydrogen-bond donors (Lipinski definition) is 2. The summed E-state index contributed by atoms with van der Waals surface area (Å²) in [6.07, 6.45) is -5.07. The molecule has 0 spiro atoms. The minimum absolute atomic E-state index is 0.0907. The lowest BCUT2D eigenvalue weighted by Gasteiger charge is -2.14. The van der Waals surface area contributed by atoms with Crippen molar-refractivity contribution in [3.8, 4) is 11.5 Å². The third-order valence-corrected chi connectivity index (χ3v) is 5.84. The zero-order valence-electron chi connectivity index (χ0n) is 15.8. The van der Waals surface area contributed by atoms with Crippen LogP contribution < -0.4 is 14.8 Å². The van der Waals surface area contributed by atoms with E-state index in [0.29, 0.717) is 5.02 Å². The number of hydrogen-bond acceptors (Lipinski definition) is 4. The average molecular weight is 505 g/mol. The van der Waals surface area contributed by atoms with Crippen molar-refractivity contribution in [2.24, 2.45) is 0 Å². The van der Waals surface area contributed by atoms with E-state index in [0.717, 1.165) is 24.3 Å². The molecule has 168 valence electrons. The quantitative estimate of drug-likeness (QED) is 0.425. The molecule has 0 unspecified atom stereocenters. The molecule has 6 nitrogen and oxygen atoms in total. The maximum atomic E-state index is 12.7. The Morgan fingerprint density at radius 1 is 0.906 bits per heavy atom. The number of halogens is 5. The monoisotopic (exact) mass is 504 g/mol. The van der Waals surface area contributed by atoms with Gasteiger partial charge in [0.25, 0.3) is 10.0 Å². The second-order valence-electron chi connectivity index (χ2n) is 6.25. The Morgan fingerprint density at radius 2 is 1.56 bits per heavy atom. The van der Waals surface area contributed by atoms with Crippen molar-refractivity contribution >= 4 is 50.5 Å². The minimum atomic E-state index is -5.07. The molecule has 0 saturated carbocycles. The zero-order chi connectivity index (χ0) is 23.5. The molecule has 32 heavy (non-hydrogen) atoms. The molecule has 0 fully saturated rings. The van der Waals surface area contributed by atoms with Gasteiger partial charge in [-0.05, 0) is 54.6 Å². The van der Waals surface area contributed by atoms with E-state index in [1.54, 1.807) is 23.5 Å². The first kappa shape index (κ1) is 23.7. The Labute approximate surface area is 191 Å². The van der Waals surface area contributed by atoms with Crippen LogP contribution in [0.2, 0.25) is 10.0 Å². The maximum absolute atomic E-state index is 12.7. The predicted octanol–water partition coefficient (Wildman–Crippen LogP) is 6.09. The van der Waals surface area contributed by atoms with Crippen LogP contribution in [0.5, 0.6) is 11.5 Å². The molecule has 0 radical (unpaired) electrons. The SMILES string of the molecule is O=C(Nc1ccc(S(=O)(=O)Nc2ccccc2Oc2ccc(Cl)cc2Cl)cc1)C(F)(F)F. The van der Waals surface area contributed by atoms with Crippen LogP contribution in [0.3, 0.4) is 0 Å². The smallest absolute Gasteiger partial charge is 0.454 e. The fourth-order valence-corrected chi connectivity index (χ4v) is 3.96. The predicted molar refractivity (Wildman–Crippen MR) is 115 cm³/mol. The van der Waals surface area contributed by atoms with Crippen LogP contribution in [0, 0.1) is 0 Å². The van der Waals surface area contributed by atoms with Gasteiger partial charge in [0.1, 0.15) is 5.75 Å². The Balaban J connectivity index is 1.80. The second kappa shape index (κ2) is 9.27. The Bertz CT molecular complexity index is 1250. The number of amides is 1. The number of sulfonamides is 1. The lowest BCUT2D eigenvalue weighted by atomic mass is 10.3. The van der Waals surface area contributed by atoms with E-state index >= 15 is 0 Å². The van der Waals surface area contributed by atoms with Crippen molar-refractivity contribution in [2.45, 2.75) is 11.1 Å². The molecule has 0 aliphatic carbocycles. The number of rotatable bonds is 6.